The highest BCUT2D eigenvalue weighted by Gasteiger charge is 2.32. The number of piperazine rings is 1. The van der Waals surface area contributed by atoms with E-state index < -0.39 is 0 Å². The van der Waals surface area contributed by atoms with E-state index in [0.29, 0.717) is 25.2 Å². The molecule has 7 heteroatoms. The third-order valence-corrected chi connectivity index (χ3v) is 5.37. The molecule has 122 valence electrons. The van der Waals surface area contributed by atoms with Crippen LogP contribution in [0.5, 0.6) is 0 Å². The van der Waals surface area contributed by atoms with Crippen molar-refractivity contribution in [2.24, 2.45) is 0 Å². The Morgan fingerprint density at radius 1 is 1.23 bits per heavy atom. The lowest BCUT2D eigenvalue weighted by Crippen LogP contribution is -2.52. The number of carbonyl (C=O) groups is 1. The van der Waals surface area contributed by atoms with Crippen LogP contribution in [0.2, 0.25) is 0 Å². The maximum absolute atomic E-state index is 12.4. The summed E-state index contributed by atoms with van der Waals surface area (Å²) in [6.07, 6.45) is 1.13. The lowest BCUT2D eigenvalue weighted by Gasteiger charge is -2.39. The van der Waals surface area contributed by atoms with Crippen LogP contribution < -0.4 is 0 Å². The van der Waals surface area contributed by atoms with Crippen molar-refractivity contribution in [3.8, 4) is 0 Å². The molecule has 0 saturated carbocycles. The molecule has 3 heterocycles. The molecule has 0 radical (unpaired) electrons. The van der Waals surface area contributed by atoms with E-state index in [-0.39, 0.29) is 18.1 Å². The molecule has 1 N–H and O–H groups in total. The van der Waals surface area contributed by atoms with Crippen molar-refractivity contribution in [3.63, 3.8) is 0 Å². The lowest BCUT2D eigenvalue weighted by molar-refractivity contribution is 0.0224. The number of likely N-dealkylation sites (tertiary alicyclic amines) is 1. The van der Waals surface area contributed by atoms with E-state index in [1.54, 1.807) is 10.9 Å². The average molecular weight is 324 g/mol. The summed E-state index contributed by atoms with van der Waals surface area (Å²) in [6, 6.07) is 0.168. The van der Waals surface area contributed by atoms with Gasteiger partial charge in [0.2, 0.25) is 0 Å². The molecule has 0 aliphatic carbocycles. The second-order valence-corrected chi connectivity index (χ2v) is 6.94. The normalized spacial score (nSPS) is 28.5. The Hall–Kier alpha value is -1.02. The number of hydrogen-bond donors (Lipinski definition) is 1. The topological polar surface area (TPSA) is 59.9 Å². The number of rotatable bonds is 2. The van der Waals surface area contributed by atoms with Gasteiger partial charge in [0, 0.05) is 50.7 Å². The summed E-state index contributed by atoms with van der Waals surface area (Å²) in [5, 5.41) is 12.3. The van der Waals surface area contributed by atoms with E-state index in [1.165, 1.54) is 11.3 Å². The first-order valence-corrected chi connectivity index (χ1v) is 8.87. The van der Waals surface area contributed by atoms with Crippen LogP contribution in [0.4, 0.5) is 0 Å². The van der Waals surface area contributed by atoms with Gasteiger partial charge in [-0.1, -0.05) is 0 Å². The summed E-state index contributed by atoms with van der Waals surface area (Å²) in [7, 11) is 2.13. The number of amides is 1. The van der Waals surface area contributed by atoms with E-state index in [9.17, 15) is 9.90 Å². The van der Waals surface area contributed by atoms with Crippen molar-refractivity contribution in [2.45, 2.75) is 25.0 Å². The zero-order valence-electron chi connectivity index (χ0n) is 13.0. The van der Waals surface area contributed by atoms with Crippen LogP contribution in [0.25, 0.3) is 0 Å². The molecule has 2 saturated heterocycles. The van der Waals surface area contributed by atoms with E-state index in [2.05, 4.69) is 21.8 Å². The van der Waals surface area contributed by atoms with Crippen LogP contribution in [0.1, 0.15) is 23.3 Å². The van der Waals surface area contributed by atoms with E-state index in [0.717, 1.165) is 32.6 Å². The summed E-state index contributed by atoms with van der Waals surface area (Å²) >= 11 is 1.44. The Morgan fingerprint density at radius 3 is 2.64 bits per heavy atom. The third-order valence-electron chi connectivity index (χ3n) is 4.78. The van der Waals surface area contributed by atoms with Crippen molar-refractivity contribution in [1.29, 1.82) is 0 Å². The second-order valence-electron chi connectivity index (χ2n) is 6.22. The predicted molar refractivity (Wildman–Crippen MR) is 86.1 cm³/mol. The molecule has 0 bridgehead atoms. The molecule has 3 rings (SSSR count). The van der Waals surface area contributed by atoms with Gasteiger partial charge < -0.3 is 14.9 Å². The Balaban J connectivity index is 1.61. The zero-order chi connectivity index (χ0) is 15.5. The molecule has 1 aromatic rings. The molecule has 1 aromatic heterocycles. The van der Waals surface area contributed by atoms with Crippen LogP contribution in [-0.2, 0) is 0 Å². The second kappa shape index (κ2) is 7.04. The minimum absolute atomic E-state index is 0.00697. The summed E-state index contributed by atoms with van der Waals surface area (Å²) in [5.41, 5.74) is 2.21. The van der Waals surface area contributed by atoms with Gasteiger partial charge in [0.1, 0.15) is 5.69 Å². The van der Waals surface area contributed by atoms with E-state index >= 15 is 0 Å². The lowest BCUT2D eigenvalue weighted by atomic mass is 10.0. The van der Waals surface area contributed by atoms with Crippen molar-refractivity contribution in [1.82, 2.24) is 19.7 Å². The smallest absolute Gasteiger partial charge is 0.273 e. The van der Waals surface area contributed by atoms with Gasteiger partial charge in [0.15, 0.2) is 0 Å². The van der Waals surface area contributed by atoms with Crippen LogP contribution in [-0.4, -0.2) is 89.2 Å². The SMILES string of the molecule is CN1CCN([C@H]2CCN(C(=O)c3cscn3)CC[C@@H]2O)CC1. The highest BCUT2D eigenvalue weighted by molar-refractivity contribution is 7.07. The number of aliphatic hydroxyl groups is 1. The maximum Gasteiger partial charge on any atom is 0.273 e. The molecule has 0 aromatic carbocycles. The highest BCUT2D eigenvalue weighted by atomic mass is 32.1. The van der Waals surface area contributed by atoms with Gasteiger partial charge in [-0.15, -0.1) is 11.3 Å². The Bertz CT molecular complexity index is 488. The third kappa shape index (κ3) is 3.48. The number of carbonyl (C=O) groups excluding carboxylic acids is 1. The minimum atomic E-state index is -0.350. The maximum atomic E-state index is 12.4. The van der Waals surface area contributed by atoms with Gasteiger partial charge in [-0.25, -0.2) is 4.98 Å². The van der Waals surface area contributed by atoms with Crippen LogP contribution >= 0.6 is 11.3 Å². The minimum Gasteiger partial charge on any atom is -0.391 e. The molecular weight excluding hydrogens is 300 g/mol. The van der Waals surface area contributed by atoms with Gasteiger partial charge in [0.05, 0.1) is 11.6 Å². The first kappa shape index (κ1) is 15.9. The van der Waals surface area contributed by atoms with Gasteiger partial charge >= 0.3 is 0 Å². The summed E-state index contributed by atoms with van der Waals surface area (Å²) in [6.45, 7) is 5.40. The Kier molecular flexibility index (Phi) is 5.07. The molecule has 1 amide bonds. The number of likely N-dealkylation sites (N-methyl/N-ethyl adjacent to an activating group) is 1. The van der Waals surface area contributed by atoms with Crippen molar-refractivity contribution < 1.29 is 9.90 Å². The fourth-order valence-corrected chi connectivity index (χ4v) is 3.86. The molecule has 2 aliphatic rings. The number of hydrogen-bond acceptors (Lipinski definition) is 6. The molecule has 2 atom stereocenters. The molecular formula is C15H24N4O2S. The largest absolute Gasteiger partial charge is 0.391 e. The molecule has 2 fully saturated rings. The van der Waals surface area contributed by atoms with Crippen LogP contribution in [0.3, 0.4) is 0 Å². The summed E-state index contributed by atoms with van der Waals surface area (Å²) in [5.74, 6) is -0.00697. The molecule has 6 nitrogen and oxygen atoms in total. The first-order chi connectivity index (χ1) is 10.6. The first-order valence-electron chi connectivity index (χ1n) is 7.93. The number of nitrogens with zero attached hydrogens (tertiary/aromatic N) is 4. The van der Waals surface area contributed by atoms with E-state index in [1.807, 2.05) is 4.90 Å². The summed E-state index contributed by atoms with van der Waals surface area (Å²) in [4.78, 5) is 23.1. The van der Waals surface area contributed by atoms with Crippen LogP contribution in [0, 0.1) is 0 Å². The van der Waals surface area contributed by atoms with Crippen molar-refractivity contribution in [2.75, 3.05) is 46.3 Å². The standard InChI is InChI=1S/C15H24N4O2S/c1-17-6-8-18(9-7-17)13-2-4-19(5-3-14(13)20)15(21)12-10-22-11-16-12/h10-11,13-14,20H,2-9H2,1H3/t13-,14-/m0/s1. The molecule has 0 spiro atoms. The van der Waals surface area contributed by atoms with Crippen molar-refractivity contribution in [3.05, 3.63) is 16.6 Å². The highest BCUT2D eigenvalue weighted by Crippen LogP contribution is 2.20. The fraction of sp³-hybridized carbons (Fsp3) is 0.733. The monoisotopic (exact) mass is 324 g/mol. The molecule has 22 heavy (non-hydrogen) atoms. The van der Waals surface area contributed by atoms with Crippen LogP contribution in [0.15, 0.2) is 10.9 Å². The van der Waals surface area contributed by atoms with E-state index in [4.69, 9.17) is 0 Å². The molecule has 2 aliphatic heterocycles. The quantitative estimate of drug-likeness (QED) is 0.851. The predicted octanol–water partition coefficient (Wildman–Crippen LogP) is 0.356. The Labute approximate surface area is 135 Å². The Morgan fingerprint density at radius 2 is 1.95 bits per heavy atom. The van der Waals surface area contributed by atoms with Gasteiger partial charge in [-0.3, -0.25) is 9.69 Å². The van der Waals surface area contributed by atoms with Gasteiger partial charge in [0.25, 0.3) is 5.91 Å². The van der Waals surface area contributed by atoms with Gasteiger partial charge in [-0.05, 0) is 19.9 Å². The molecule has 0 unspecified atom stereocenters. The van der Waals surface area contributed by atoms with Crippen molar-refractivity contribution >= 4 is 17.2 Å². The van der Waals surface area contributed by atoms with Gasteiger partial charge in [-0.2, -0.15) is 0 Å². The number of thiazole rings is 1. The fourth-order valence-electron chi connectivity index (χ4n) is 3.34. The average Bonchev–Trinajstić information content (AvgIpc) is 2.99. The number of aromatic nitrogens is 1. The number of aliphatic hydroxyl groups excluding tert-OH is 1. The zero-order valence-corrected chi connectivity index (χ0v) is 13.8. The summed E-state index contributed by atoms with van der Waals surface area (Å²) < 4.78 is 0.